The van der Waals surface area contributed by atoms with Crippen molar-refractivity contribution < 1.29 is 23.8 Å². The largest absolute Gasteiger partial charge is 0.493 e. The summed E-state index contributed by atoms with van der Waals surface area (Å²) in [5.41, 5.74) is 0. The van der Waals surface area contributed by atoms with Gasteiger partial charge in [0, 0.05) is 30.7 Å². The van der Waals surface area contributed by atoms with Crippen LogP contribution < -0.4 is 14.2 Å². The molecular formula is C15H14O5. The smallest absolute Gasteiger partial charge is 0.308 e. The fraction of sp³-hybridized carbons (Fsp3) is 0.200. The van der Waals surface area contributed by atoms with Gasteiger partial charge in [0.15, 0.2) is 11.5 Å². The molecule has 0 spiro atoms. The number of fused-ring (bicyclic) bond motifs is 1. The number of methoxy groups -OCH3 is 1. The Morgan fingerprint density at radius 2 is 1.50 bits per heavy atom. The van der Waals surface area contributed by atoms with E-state index in [1.807, 2.05) is 0 Å². The molecule has 0 fully saturated rings. The molecule has 2 aromatic carbocycles. The summed E-state index contributed by atoms with van der Waals surface area (Å²) in [6, 6.07) is 8.68. The summed E-state index contributed by atoms with van der Waals surface area (Å²) < 4.78 is 15.6. The first-order chi connectivity index (χ1) is 9.52. The van der Waals surface area contributed by atoms with Crippen LogP contribution in [0.4, 0.5) is 0 Å². The molecule has 0 bridgehead atoms. The SMILES string of the molecule is COc1cc(OC(C)=O)c2ccccc2c1OC(C)=O. The number of carbonyl (C=O) groups excluding carboxylic acids is 2. The monoisotopic (exact) mass is 274 g/mol. The zero-order valence-corrected chi connectivity index (χ0v) is 11.4. The Morgan fingerprint density at radius 3 is 2.05 bits per heavy atom. The molecule has 2 rings (SSSR count). The van der Waals surface area contributed by atoms with Crippen LogP contribution in [0.2, 0.25) is 0 Å². The van der Waals surface area contributed by atoms with Crippen LogP contribution >= 0.6 is 0 Å². The average Bonchev–Trinajstić information content (AvgIpc) is 2.40. The van der Waals surface area contributed by atoms with E-state index in [0.717, 1.165) is 0 Å². The van der Waals surface area contributed by atoms with Crippen molar-refractivity contribution in [1.82, 2.24) is 0 Å². The molecule has 0 unspecified atom stereocenters. The van der Waals surface area contributed by atoms with Gasteiger partial charge in [0.25, 0.3) is 0 Å². The highest BCUT2D eigenvalue weighted by Crippen LogP contribution is 2.41. The topological polar surface area (TPSA) is 61.8 Å². The number of rotatable bonds is 3. The van der Waals surface area contributed by atoms with Gasteiger partial charge in [-0.05, 0) is 0 Å². The molecule has 0 aliphatic rings. The predicted octanol–water partition coefficient (Wildman–Crippen LogP) is 2.70. The van der Waals surface area contributed by atoms with Crippen molar-refractivity contribution in [2.24, 2.45) is 0 Å². The van der Waals surface area contributed by atoms with Gasteiger partial charge in [-0.1, -0.05) is 24.3 Å². The van der Waals surface area contributed by atoms with Gasteiger partial charge in [0.1, 0.15) is 5.75 Å². The number of ether oxygens (including phenoxy) is 3. The molecule has 0 saturated heterocycles. The average molecular weight is 274 g/mol. The van der Waals surface area contributed by atoms with Gasteiger partial charge in [-0.2, -0.15) is 0 Å². The van der Waals surface area contributed by atoms with Gasteiger partial charge in [-0.15, -0.1) is 0 Å². The summed E-state index contributed by atoms with van der Waals surface area (Å²) in [5, 5.41) is 1.30. The number of esters is 2. The van der Waals surface area contributed by atoms with Crippen molar-refractivity contribution >= 4 is 22.7 Å². The minimum Gasteiger partial charge on any atom is -0.493 e. The first kappa shape index (κ1) is 13.9. The highest BCUT2D eigenvalue weighted by molar-refractivity contribution is 5.98. The Morgan fingerprint density at radius 1 is 0.900 bits per heavy atom. The van der Waals surface area contributed by atoms with E-state index in [1.165, 1.54) is 27.0 Å². The molecule has 0 radical (unpaired) electrons. The Hall–Kier alpha value is -2.56. The standard InChI is InChI=1S/C15H14O5/c1-9(16)19-13-8-14(18-3)15(20-10(2)17)12-7-5-4-6-11(12)13/h4-8H,1-3H3. The van der Waals surface area contributed by atoms with Crippen LogP contribution in [0.1, 0.15) is 13.8 Å². The maximum atomic E-state index is 11.2. The summed E-state index contributed by atoms with van der Waals surface area (Å²) in [4.78, 5) is 22.4. The lowest BCUT2D eigenvalue weighted by Gasteiger charge is -2.14. The van der Waals surface area contributed by atoms with Crippen LogP contribution in [0.25, 0.3) is 10.8 Å². The second-order valence-electron chi connectivity index (χ2n) is 4.14. The molecular weight excluding hydrogens is 260 g/mol. The highest BCUT2D eigenvalue weighted by atomic mass is 16.6. The predicted molar refractivity (Wildman–Crippen MR) is 73.1 cm³/mol. The normalized spacial score (nSPS) is 10.2. The minimum absolute atomic E-state index is 0.312. The Labute approximate surface area is 116 Å². The molecule has 0 aliphatic heterocycles. The molecule has 2 aromatic rings. The van der Waals surface area contributed by atoms with Crippen LogP contribution in [0.5, 0.6) is 17.2 Å². The van der Waals surface area contributed by atoms with E-state index in [2.05, 4.69) is 0 Å². The summed E-state index contributed by atoms with van der Waals surface area (Å²) in [5.74, 6) is 0.119. The van der Waals surface area contributed by atoms with Gasteiger partial charge >= 0.3 is 11.9 Å². The number of hydrogen-bond donors (Lipinski definition) is 0. The molecule has 20 heavy (non-hydrogen) atoms. The Bertz CT molecular complexity index is 675. The van der Waals surface area contributed by atoms with Crippen LogP contribution in [0.15, 0.2) is 30.3 Å². The minimum atomic E-state index is -0.450. The third-order valence-corrected chi connectivity index (χ3v) is 2.64. The number of carbonyl (C=O) groups is 2. The first-order valence-electron chi connectivity index (χ1n) is 5.99. The molecule has 0 N–H and O–H groups in total. The van der Waals surface area contributed by atoms with Crippen LogP contribution in [-0.4, -0.2) is 19.0 Å². The van der Waals surface area contributed by atoms with E-state index in [0.29, 0.717) is 28.0 Å². The molecule has 0 saturated carbocycles. The van der Waals surface area contributed by atoms with E-state index in [1.54, 1.807) is 24.3 Å². The van der Waals surface area contributed by atoms with Crippen molar-refractivity contribution in [3.05, 3.63) is 30.3 Å². The maximum Gasteiger partial charge on any atom is 0.308 e. The molecule has 0 atom stereocenters. The van der Waals surface area contributed by atoms with Gasteiger partial charge in [-0.3, -0.25) is 9.59 Å². The summed E-state index contributed by atoms with van der Waals surface area (Å²) in [6.45, 7) is 2.63. The van der Waals surface area contributed by atoms with Gasteiger partial charge in [0.2, 0.25) is 0 Å². The molecule has 0 aliphatic carbocycles. The fourth-order valence-electron chi connectivity index (χ4n) is 1.93. The van der Waals surface area contributed by atoms with Crippen LogP contribution in [0, 0.1) is 0 Å². The van der Waals surface area contributed by atoms with Gasteiger partial charge in [0.05, 0.1) is 7.11 Å². The highest BCUT2D eigenvalue weighted by Gasteiger charge is 2.17. The molecule has 0 aromatic heterocycles. The maximum absolute atomic E-state index is 11.2. The summed E-state index contributed by atoms with van der Waals surface area (Å²) in [7, 11) is 1.45. The van der Waals surface area contributed by atoms with Crippen molar-refractivity contribution in [2.75, 3.05) is 7.11 Å². The zero-order chi connectivity index (χ0) is 14.7. The molecule has 5 heteroatoms. The third kappa shape index (κ3) is 2.71. The van der Waals surface area contributed by atoms with E-state index >= 15 is 0 Å². The van der Waals surface area contributed by atoms with E-state index in [-0.39, 0.29) is 0 Å². The lowest BCUT2D eigenvalue weighted by Crippen LogP contribution is -2.06. The van der Waals surface area contributed by atoms with Crippen LogP contribution in [-0.2, 0) is 9.59 Å². The van der Waals surface area contributed by atoms with Crippen LogP contribution in [0.3, 0.4) is 0 Å². The van der Waals surface area contributed by atoms with E-state index in [4.69, 9.17) is 14.2 Å². The van der Waals surface area contributed by atoms with Gasteiger partial charge in [-0.25, -0.2) is 0 Å². The molecule has 0 heterocycles. The van der Waals surface area contributed by atoms with Crippen molar-refractivity contribution in [2.45, 2.75) is 13.8 Å². The number of benzene rings is 2. The Balaban J connectivity index is 2.72. The lowest BCUT2D eigenvalue weighted by molar-refractivity contribution is -0.133. The second kappa shape index (κ2) is 5.61. The van der Waals surface area contributed by atoms with E-state index in [9.17, 15) is 9.59 Å². The van der Waals surface area contributed by atoms with Crippen molar-refractivity contribution in [1.29, 1.82) is 0 Å². The zero-order valence-electron chi connectivity index (χ0n) is 11.4. The lowest BCUT2D eigenvalue weighted by atomic mass is 10.1. The quantitative estimate of drug-likeness (QED) is 0.636. The summed E-state index contributed by atoms with van der Waals surface area (Å²) >= 11 is 0. The molecule has 104 valence electrons. The molecule has 0 amide bonds. The van der Waals surface area contributed by atoms with Crippen molar-refractivity contribution in [3.63, 3.8) is 0 Å². The fourth-order valence-corrected chi connectivity index (χ4v) is 1.93. The number of hydrogen-bond acceptors (Lipinski definition) is 5. The summed E-state index contributed by atoms with van der Waals surface area (Å²) in [6.07, 6.45) is 0. The van der Waals surface area contributed by atoms with Crippen molar-refractivity contribution in [3.8, 4) is 17.2 Å². The molecule has 5 nitrogen and oxygen atoms in total. The van der Waals surface area contributed by atoms with Gasteiger partial charge < -0.3 is 14.2 Å². The first-order valence-corrected chi connectivity index (χ1v) is 5.99. The second-order valence-corrected chi connectivity index (χ2v) is 4.14. The van der Waals surface area contributed by atoms with E-state index < -0.39 is 11.9 Å². The Kier molecular flexibility index (Phi) is 3.89. The third-order valence-electron chi connectivity index (χ3n) is 2.64.